The van der Waals surface area contributed by atoms with E-state index >= 15 is 0 Å². The van der Waals surface area contributed by atoms with Crippen molar-refractivity contribution >= 4 is 23.4 Å². The van der Waals surface area contributed by atoms with Crippen molar-refractivity contribution in [3.05, 3.63) is 89.4 Å². The number of halogens is 1. The van der Waals surface area contributed by atoms with Gasteiger partial charge in [-0.1, -0.05) is 53.7 Å². The van der Waals surface area contributed by atoms with E-state index in [0.29, 0.717) is 5.02 Å². The summed E-state index contributed by atoms with van der Waals surface area (Å²) in [6, 6.07) is 25.9. The lowest BCUT2D eigenvalue weighted by Gasteiger charge is -2.11. The van der Waals surface area contributed by atoms with Crippen molar-refractivity contribution in [2.45, 2.75) is 10.9 Å². The molecule has 0 atom stereocenters. The number of hydrogen-bond donors (Lipinski definition) is 0. The van der Waals surface area contributed by atoms with Gasteiger partial charge in [-0.2, -0.15) is 0 Å². The molecule has 0 bridgehead atoms. The number of aromatic nitrogens is 3. The molecule has 0 saturated carbocycles. The quantitative estimate of drug-likeness (QED) is 0.374. The molecule has 28 heavy (non-hydrogen) atoms. The predicted molar refractivity (Wildman–Crippen MR) is 114 cm³/mol. The van der Waals surface area contributed by atoms with E-state index in [1.165, 1.54) is 5.56 Å². The van der Waals surface area contributed by atoms with Gasteiger partial charge < -0.3 is 4.74 Å². The Balaban J connectivity index is 1.73. The van der Waals surface area contributed by atoms with Crippen molar-refractivity contribution in [1.29, 1.82) is 0 Å². The van der Waals surface area contributed by atoms with E-state index in [2.05, 4.69) is 26.9 Å². The number of hydrogen-bond acceptors (Lipinski definition) is 4. The molecule has 0 N–H and O–H groups in total. The van der Waals surface area contributed by atoms with Crippen molar-refractivity contribution in [3.63, 3.8) is 0 Å². The summed E-state index contributed by atoms with van der Waals surface area (Å²) in [4.78, 5) is 0. The van der Waals surface area contributed by atoms with Crippen LogP contribution in [0.2, 0.25) is 5.02 Å². The number of nitrogens with zero attached hydrogens (tertiary/aromatic N) is 3. The first-order valence-corrected chi connectivity index (χ1v) is 10.1. The molecular formula is C22H18ClN3OS. The minimum atomic E-state index is 0.696. The van der Waals surface area contributed by atoms with Gasteiger partial charge in [0.25, 0.3) is 0 Å². The summed E-state index contributed by atoms with van der Waals surface area (Å²) in [5.41, 5.74) is 3.18. The van der Waals surface area contributed by atoms with E-state index < -0.39 is 0 Å². The van der Waals surface area contributed by atoms with Gasteiger partial charge >= 0.3 is 0 Å². The SMILES string of the molecule is COc1ccc(-c2nnc(SCc3ccccc3)n2-c2ccc(Cl)cc2)cc1. The molecule has 0 saturated heterocycles. The molecule has 0 aliphatic rings. The highest BCUT2D eigenvalue weighted by molar-refractivity contribution is 7.98. The third kappa shape index (κ3) is 4.06. The van der Waals surface area contributed by atoms with Crippen LogP contribution in [0.25, 0.3) is 17.1 Å². The van der Waals surface area contributed by atoms with Gasteiger partial charge in [-0.05, 0) is 54.1 Å². The first-order chi connectivity index (χ1) is 13.7. The van der Waals surface area contributed by atoms with Crippen LogP contribution in [0, 0.1) is 0 Å². The van der Waals surface area contributed by atoms with Crippen molar-refractivity contribution in [1.82, 2.24) is 14.8 Å². The molecular weight excluding hydrogens is 390 g/mol. The number of rotatable bonds is 6. The number of thioether (sulfide) groups is 1. The van der Waals surface area contributed by atoms with Gasteiger partial charge in [-0.15, -0.1) is 10.2 Å². The summed E-state index contributed by atoms with van der Waals surface area (Å²) in [6.45, 7) is 0. The molecule has 0 amide bonds. The Morgan fingerprint density at radius 3 is 2.29 bits per heavy atom. The largest absolute Gasteiger partial charge is 0.497 e. The summed E-state index contributed by atoms with van der Waals surface area (Å²) >= 11 is 7.74. The predicted octanol–water partition coefficient (Wildman–Crippen LogP) is 5.89. The van der Waals surface area contributed by atoms with Crippen molar-refractivity contribution < 1.29 is 4.74 Å². The molecule has 4 aromatic rings. The summed E-state index contributed by atoms with van der Waals surface area (Å²) in [5, 5.41) is 10.5. The molecule has 0 aliphatic heterocycles. The average Bonchev–Trinajstić information content (AvgIpc) is 3.17. The third-order valence-corrected chi connectivity index (χ3v) is 5.53. The van der Waals surface area contributed by atoms with E-state index in [-0.39, 0.29) is 0 Å². The van der Waals surface area contributed by atoms with Crippen LogP contribution in [0.15, 0.2) is 84.0 Å². The lowest BCUT2D eigenvalue weighted by atomic mass is 10.2. The summed E-state index contributed by atoms with van der Waals surface area (Å²) < 4.78 is 7.33. The van der Waals surface area contributed by atoms with Crippen LogP contribution in [-0.4, -0.2) is 21.9 Å². The Labute approximate surface area is 173 Å². The van der Waals surface area contributed by atoms with Crippen LogP contribution in [0.5, 0.6) is 5.75 Å². The second-order valence-electron chi connectivity index (χ2n) is 6.12. The number of ether oxygens (including phenoxy) is 1. The van der Waals surface area contributed by atoms with Gasteiger partial charge in [-0.3, -0.25) is 4.57 Å². The van der Waals surface area contributed by atoms with Crippen molar-refractivity contribution in [3.8, 4) is 22.8 Å². The van der Waals surface area contributed by atoms with Crippen LogP contribution < -0.4 is 4.74 Å². The highest BCUT2D eigenvalue weighted by atomic mass is 35.5. The molecule has 0 radical (unpaired) electrons. The lowest BCUT2D eigenvalue weighted by Crippen LogP contribution is -1.99. The van der Waals surface area contributed by atoms with Crippen LogP contribution in [0.1, 0.15) is 5.56 Å². The fourth-order valence-electron chi connectivity index (χ4n) is 2.84. The van der Waals surface area contributed by atoms with Crippen LogP contribution in [0.3, 0.4) is 0 Å². The molecule has 140 valence electrons. The fraction of sp³-hybridized carbons (Fsp3) is 0.0909. The molecule has 1 aromatic heterocycles. The maximum Gasteiger partial charge on any atom is 0.196 e. The monoisotopic (exact) mass is 407 g/mol. The minimum absolute atomic E-state index is 0.696. The van der Waals surface area contributed by atoms with Gasteiger partial charge in [0.2, 0.25) is 0 Å². The van der Waals surface area contributed by atoms with E-state index in [0.717, 1.165) is 33.7 Å². The topological polar surface area (TPSA) is 39.9 Å². The fourth-order valence-corrected chi connectivity index (χ4v) is 3.87. The molecule has 4 rings (SSSR count). The number of methoxy groups -OCH3 is 1. The zero-order valence-electron chi connectivity index (χ0n) is 15.2. The van der Waals surface area contributed by atoms with Gasteiger partial charge in [-0.25, -0.2) is 0 Å². The summed E-state index contributed by atoms with van der Waals surface area (Å²) in [5.74, 6) is 2.40. The van der Waals surface area contributed by atoms with Crippen molar-refractivity contribution in [2.24, 2.45) is 0 Å². The Morgan fingerprint density at radius 2 is 1.61 bits per heavy atom. The van der Waals surface area contributed by atoms with Gasteiger partial charge in [0, 0.05) is 22.0 Å². The first-order valence-electron chi connectivity index (χ1n) is 8.77. The van der Waals surface area contributed by atoms with E-state index in [4.69, 9.17) is 16.3 Å². The normalized spacial score (nSPS) is 10.8. The number of benzene rings is 3. The van der Waals surface area contributed by atoms with E-state index in [1.54, 1.807) is 18.9 Å². The van der Waals surface area contributed by atoms with E-state index in [9.17, 15) is 0 Å². The maximum absolute atomic E-state index is 6.08. The molecule has 0 unspecified atom stereocenters. The maximum atomic E-state index is 6.08. The zero-order valence-corrected chi connectivity index (χ0v) is 16.8. The second kappa shape index (κ2) is 8.50. The summed E-state index contributed by atoms with van der Waals surface area (Å²) in [6.07, 6.45) is 0. The Bertz CT molecular complexity index is 1050. The third-order valence-electron chi connectivity index (χ3n) is 4.28. The molecule has 1 heterocycles. The Hall–Kier alpha value is -2.76. The Kier molecular flexibility index (Phi) is 5.65. The Morgan fingerprint density at radius 1 is 0.893 bits per heavy atom. The highest BCUT2D eigenvalue weighted by Crippen LogP contribution is 2.31. The molecule has 0 aliphatic carbocycles. The standard InChI is InChI=1S/C22H18ClN3OS/c1-27-20-13-7-17(8-14-20)21-24-25-22(28-15-16-5-3-2-4-6-16)26(21)19-11-9-18(23)10-12-19/h2-14H,15H2,1H3. The zero-order chi connectivity index (χ0) is 19.3. The highest BCUT2D eigenvalue weighted by Gasteiger charge is 2.16. The van der Waals surface area contributed by atoms with Gasteiger partial charge in [0.15, 0.2) is 11.0 Å². The minimum Gasteiger partial charge on any atom is -0.497 e. The summed E-state index contributed by atoms with van der Waals surface area (Å²) in [7, 11) is 1.66. The molecule has 3 aromatic carbocycles. The molecule has 4 nitrogen and oxygen atoms in total. The molecule has 6 heteroatoms. The first kappa shape index (κ1) is 18.6. The second-order valence-corrected chi connectivity index (χ2v) is 7.50. The van der Waals surface area contributed by atoms with Crippen LogP contribution in [-0.2, 0) is 5.75 Å². The van der Waals surface area contributed by atoms with Crippen LogP contribution >= 0.6 is 23.4 Å². The van der Waals surface area contributed by atoms with Gasteiger partial charge in [0.05, 0.1) is 7.11 Å². The smallest absolute Gasteiger partial charge is 0.196 e. The van der Waals surface area contributed by atoms with E-state index in [1.807, 2.05) is 66.7 Å². The average molecular weight is 408 g/mol. The van der Waals surface area contributed by atoms with Crippen molar-refractivity contribution in [2.75, 3.05) is 7.11 Å². The molecule has 0 fully saturated rings. The lowest BCUT2D eigenvalue weighted by molar-refractivity contribution is 0.415. The molecule has 0 spiro atoms. The van der Waals surface area contributed by atoms with Gasteiger partial charge in [0.1, 0.15) is 5.75 Å². The van der Waals surface area contributed by atoms with Crippen LogP contribution in [0.4, 0.5) is 0 Å².